The molecule has 98 valence electrons. The third-order valence-corrected chi connectivity index (χ3v) is 3.47. The van der Waals surface area contributed by atoms with E-state index in [9.17, 15) is 9.59 Å². The normalized spacial score (nSPS) is 16.4. The highest BCUT2D eigenvalue weighted by Gasteiger charge is 2.48. The van der Waals surface area contributed by atoms with E-state index in [4.69, 9.17) is 5.73 Å². The minimum absolute atomic E-state index is 0.00680. The van der Waals surface area contributed by atoms with Gasteiger partial charge in [0.2, 0.25) is 11.8 Å². The van der Waals surface area contributed by atoms with Crippen molar-refractivity contribution in [2.24, 2.45) is 11.1 Å². The first-order valence-corrected chi connectivity index (χ1v) is 6.35. The summed E-state index contributed by atoms with van der Waals surface area (Å²) < 4.78 is 0. The van der Waals surface area contributed by atoms with Crippen LogP contribution in [0.2, 0.25) is 0 Å². The van der Waals surface area contributed by atoms with Crippen molar-refractivity contribution in [3.63, 3.8) is 0 Å². The van der Waals surface area contributed by atoms with Gasteiger partial charge in [0.05, 0.1) is 5.41 Å². The zero-order chi connectivity index (χ0) is 12.9. The molecule has 2 amide bonds. The zero-order valence-electron chi connectivity index (χ0n) is 10.8. The molecule has 1 fully saturated rings. The fourth-order valence-corrected chi connectivity index (χ4v) is 1.88. The maximum atomic E-state index is 11.7. The molecule has 1 rings (SSSR count). The van der Waals surface area contributed by atoms with Crippen LogP contribution in [0.5, 0.6) is 0 Å². The molecule has 1 saturated carbocycles. The average Bonchev–Trinajstić information content (AvgIpc) is 3.11. The molecule has 0 aromatic rings. The van der Waals surface area contributed by atoms with Crippen molar-refractivity contribution in [3.05, 3.63) is 0 Å². The van der Waals surface area contributed by atoms with Crippen LogP contribution in [0.25, 0.3) is 0 Å². The molecule has 0 bridgehead atoms. The number of carbonyl (C=O) groups excluding carboxylic acids is 2. The van der Waals surface area contributed by atoms with E-state index in [1.165, 1.54) is 0 Å². The Kier molecular flexibility index (Phi) is 4.93. The van der Waals surface area contributed by atoms with Gasteiger partial charge in [-0.2, -0.15) is 0 Å². The molecule has 0 radical (unpaired) electrons. The van der Waals surface area contributed by atoms with Gasteiger partial charge in [-0.15, -0.1) is 0 Å². The first-order chi connectivity index (χ1) is 8.09. The Morgan fingerprint density at radius 3 is 2.29 bits per heavy atom. The summed E-state index contributed by atoms with van der Waals surface area (Å²) in [6.45, 7) is 6.16. The summed E-state index contributed by atoms with van der Waals surface area (Å²) in [5, 5.41) is 2.80. The predicted molar refractivity (Wildman–Crippen MR) is 66.3 cm³/mol. The van der Waals surface area contributed by atoms with Gasteiger partial charge in [0.1, 0.15) is 0 Å². The van der Waals surface area contributed by atoms with Crippen molar-refractivity contribution in [1.29, 1.82) is 0 Å². The second-order valence-corrected chi connectivity index (χ2v) is 4.56. The fraction of sp³-hybridized carbons (Fsp3) is 0.833. The number of carbonyl (C=O) groups is 2. The quantitative estimate of drug-likeness (QED) is 0.664. The molecular weight excluding hydrogens is 218 g/mol. The number of hydrogen-bond donors (Lipinski definition) is 2. The van der Waals surface area contributed by atoms with Crippen LogP contribution < -0.4 is 11.1 Å². The zero-order valence-corrected chi connectivity index (χ0v) is 10.8. The van der Waals surface area contributed by atoms with E-state index < -0.39 is 0 Å². The SMILES string of the molecule is CCN(CC)C(=O)CCNC(=O)C1(CN)CC1. The van der Waals surface area contributed by atoms with E-state index >= 15 is 0 Å². The van der Waals surface area contributed by atoms with Gasteiger partial charge in [0.15, 0.2) is 0 Å². The maximum absolute atomic E-state index is 11.7. The van der Waals surface area contributed by atoms with Crippen LogP contribution in [0.1, 0.15) is 33.1 Å². The highest BCUT2D eigenvalue weighted by molar-refractivity contribution is 5.86. The number of nitrogens with zero attached hydrogens (tertiary/aromatic N) is 1. The molecule has 0 aliphatic heterocycles. The molecule has 5 nitrogen and oxygen atoms in total. The van der Waals surface area contributed by atoms with Gasteiger partial charge in [-0.05, 0) is 26.7 Å². The van der Waals surface area contributed by atoms with Crippen molar-refractivity contribution < 1.29 is 9.59 Å². The van der Waals surface area contributed by atoms with E-state index in [1.54, 1.807) is 4.90 Å². The maximum Gasteiger partial charge on any atom is 0.227 e. The summed E-state index contributed by atoms with van der Waals surface area (Å²) in [6, 6.07) is 0. The predicted octanol–water partition coefficient (Wildman–Crippen LogP) is 0.100. The van der Waals surface area contributed by atoms with Crippen molar-refractivity contribution in [2.75, 3.05) is 26.2 Å². The second-order valence-electron chi connectivity index (χ2n) is 4.56. The van der Waals surface area contributed by atoms with Gasteiger partial charge in [0.25, 0.3) is 0 Å². The standard InChI is InChI=1S/C12H23N3O2/c1-3-15(4-2)10(16)5-8-14-11(17)12(9-13)6-7-12/h3-9,13H2,1-2H3,(H,14,17). The summed E-state index contributed by atoms with van der Waals surface area (Å²) in [5.74, 6) is 0.0974. The monoisotopic (exact) mass is 241 g/mol. The summed E-state index contributed by atoms with van der Waals surface area (Å²) >= 11 is 0. The Hall–Kier alpha value is -1.10. The van der Waals surface area contributed by atoms with Crippen LogP contribution in [-0.4, -0.2) is 42.9 Å². The van der Waals surface area contributed by atoms with Gasteiger partial charge in [-0.25, -0.2) is 0 Å². The minimum Gasteiger partial charge on any atom is -0.355 e. The third-order valence-electron chi connectivity index (χ3n) is 3.47. The molecule has 0 unspecified atom stereocenters. The summed E-state index contributed by atoms with van der Waals surface area (Å²) in [7, 11) is 0. The van der Waals surface area contributed by atoms with Crippen LogP contribution in [-0.2, 0) is 9.59 Å². The number of nitrogens with one attached hydrogen (secondary N) is 1. The van der Waals surface area contributed by atoms with Crippen molar-refractivity contribution >= 4 is 11.8 Å². The lowest BCUT2D eigenvalue weighted by molar-refractivity contribution is -0.131. The highest BCUT2D eigenvalue weighted by Crippen LogP contribution is 2.44. The molecule has 17 heavy (non-hydrogen) atoms. The Morgan fingerprint density at radius 2 is 1.88 bits per heavy atom. The summed E-state index contributed by atoms with van der Waals surface area (Å²) in [4.78, 5) is 25.2. The van der Waals surface area contributed by atoms with E-state index in [-0.39, 0.29) is 17.2 Å². The Labute approximate surface area is 103 Å². The van der Waals surface area contributed by atoms with Gasteiger partial charge in [-0.1, -0.05) is 0 Å². The molecule has 5 heteroatoms. The number of nitrogens with two attached hydrogens (primary N) is 1. The first-order valence-electron chi connectivity index (χ1n) is 6.35. The largest absolute Gasteiger partial charge is 0.355 e. The van der Waals surface area contributed by atoms with Crippen molar-refractivity contribution in [2.45, 2.75) is 33.1 Å². The van der Waals surface area contributed by atoms with Gasteiger partial charge >= 0.3 is 0 Å². The minimum atomic E-state index is -0.321. The Bertz CT molecular complexity index is 283. The molecule has 0 saturated heterocycles. The molecule has 0 aromatic carbocycles. The number of amides is 2. The molecular formula is C12H23N3O2. The van der Waals surface area contributed by atoms with E-state index in [1.807, 2.05) is 13.8 Å². The topological polar surface area (TPSA) is 75.4 Å². The molecule has 0 heterocycles. The Balaban J connectivity index is 2.24. The van der Waals surface area contributed by atoms with Crippen LogP contribution in [0.4, 0.5) is 0 Å². The molecule has 0 spiro atoms. The lowest BCUT2D eigenvalue weighted by atomic mass is 10.1. The van der Waals surface area contributed by atoms with E-state index in [2.05, 4.69) is 5.32 Å². The number of hydrogen-bond acceptors (Lipinski definition) is 3. The van der Waals surface area contributed by atoms with Crippen LogP contribution >= 0.6 is 0 Å². The van der Waals surface area contributed by atoms with E-state index in [0.29, 0.717) is 19.5 Å². The molecule has 3 N–H and O–H groups in total. The fourth-order valence-electron chi connectivity index (χ4n) is 1.88. The van der Waals surface area contributed by atoms with Crippen LogP contribution in [0, 0.1) is 5.41 Å². The third kappa shape index (κ3) is 3.43. The van der Waals surface area contributed by atoms with Crippen LogP contribution in [0.15, 0.2) is 0 Å². The lowest BCUT2D eigenvalue weighted by Gasteiger charge is -2.19. The van der Waals surface area contributed by atoms with Crippen molar-refractivity contribution in [3.8, 4) is 0 Å². The van der Waals surface area contributed by atoms with Crippen molar-refractivity contribution in [1.82, 2.24) is 10.2 Å². The second kappa shape index (κ2) is 6.00. The first kappa shape index (κ1) is 14.0. The lowest BCUT2D eigenvalue weighted by Crippen LogP contribution is -2.39. The molecule has 0 atom stereocenters. The summed E-state index contributed by atoms with van der Waals surface area (Å²) in [6.07, 6.45) is 2.12. The van der Waals surface area contributed by atoms with Gasteiger partial charge in [-0.3, -0.25) is 9.59 Å². The smallest absolute Gasteiger partial charge is 0.227 e. The highest BCUT2D eigenvalue weighted by atomic mass is 16.2. The van der Waals surface area contributed by atoms with E-state index in [0.717, 1.165) is 25.9 Å². The van der Waals surface area contributed by atoms with Gasteiger partial charge in [0, 0.05) is 32.6 Å². The molecule has 1 aliphatic rings. The Morgan fingerprint density at radius 1 is 1.29 bits per heavy atom. The van der Waals surface area contributed by atoms with Gasteiger partial charge < -0.3 is 16.0 Å². The summed E-state index contributed by atoms with van der Waals surface area (Å²) in [5.41, 5.74) is 5.24. The molecule has 0 aromatic heterocycles. The number of rotatable bonds is 7. The average molecular weight is 241 g/mol. The van der Waals surface area contributed by atoms with Crippen LogP contribution in [0.3, 0.4) is 0 Å². The molecule has 1 aliphatic carbocycles.